The van der Waals surface area contributed by atoms with Crippen molar-refractivity contribution in [3.05, 3.63) is 53.1 Å². The van der Waals surface area contributed by atoms with Crippen LogP contribution in [0.3, 0.4) is 0 Å². The molecule has 0 spiro atoms. The molecule has 0 radical (unpaired) electrons. The lowest BCUT2D eigenvalue weighted by Crippen LogP contribution is -2.44. The summed E-state index contributed by atoms with van der Waals surface area (Å²) in [4.78, 5) is 33.9. The number of carbonyl (C=O) groups excluding carboxylic acids is 1. The number of anilines is 1. The van der Waals surface area contributed by atoms with Gasteiger partial charge in [-0.15, -0.1) is 11.8 Å². The maximum Gasteiger partial charge on any atom is 0.414 e. The van der Waals surface area contributed by atoms with E-state index >= 15 is 0 Å². The van der Waals surface area contributed by atoms with Gasteiger partial charge in [-0.2, -0.15) is 0 Å². The number of aliphatic carboxylic acids is 2. The van der Waals surface area contributed by atoms with Crippen molar-refractivity contribution in [2.75, 3.05) is 25.1 Å². The largest absolute Gasteiger partial charge is 0.494 e. The second-order valence-corrected chi connectivity index (χ2v) is 11.7. The molecule has 1 heterocycles. The lowest BCUT2D eigenvalue weighted by Gasteiger charge is -2.34. The van der Waals surface area contributed by atoms with Crippen LogP contribution in [0.2, 0.25) is 5.02 Å². The zero-order valence-electron chi connectivity index (χ0n) is 22.5. The first-order valence-corrected chi connectivity index (χ1v) is 14.5. The van der Waals surface area contributed by atoms with Gasteiger partial charge in [0, 0.05) is 22.5 Å². The molecule has 1 unspecified atom stereocenters. The molecule has 1 amide bonds. The van der Waals surface area contributed by atoms with Gasteiger partial charge >= 0.3 is 11.9 Å². The van der Waals surface area contributed by atoms with Gasteiger partial charge in [-0.05, 0) is 81.5 Å². The summed E-state index contributed by atoms with van der Waals surface area (Å²) in [6.45, 7) is 4.20. The number of ether oxygens (including phenoxy) is 1. The Bertz CT molecular complexity index is 1130. The SMILES string of the molecule is CN1C(=O)C(c2ccc(OCCCCCNC3(C)CCCCC3)cc2)Sc2cc(Cl)ccc21.O=C(O)C(=O)O. The summed E-state index contributed by atoms with van der Waals surface area (Å²) in [5, 5.41) is 19.0. The van der Waals surface area contributed by atoms with E-state index in [4.69, 9.17) is 36.1 Å². The molecule has 2 aliphatic rings. The number of halogens is 1. The van der Waals surface area contributed by atoms with Crippen LogP contribution in [0, 0.1) is 0 Å². The minimum absolute atomic E-state index is 0.0826. The number of nitrogens with zero attached hydrogens (tertiary/aromatic N) is 1. The minimum Gasteiger partial charge on any atom is -0.494 e. The summed E-state index contributed by atoms with van der Waals surface area (Å²) in [7, 11) is 1.82. The third kappa shape index (κ3) is 9.15. The average Bonchev–Trinajstić information content (AvgIpc) is 2.91. The van der Waals surface area contributed by atoms with Crippen LogP contribution in [0.25, 0.3) is 0 Å². The Hall–Kier alpha value is -2.75. The van der Waals surface area contributed by atoms with E-state index in [0.29, 0.717) is 10.6 Å². The quantitative estimate of drug-likeness (QED) is 0.240. The van der Waals surface area contributed by atoms with E-state index < -0.39 is 11.9 Å². The number of amides is 1. The molecular formula is C29H37ClN2O6S. The number of likely N-dealkylation sites (N-methyl/N-ethyl adjacent to an activating group) is 1. The monoisotopic (exact) mass is 576 g/mol. The highest BCUT2D eigenvalue weighted by molar-refractivity contribution is 8.00. The fourth-order valence-electron chi connectivity index (χ4n) is 4.77. The molecule has 2 aromatic carbocycles. The summed E-state index contributed by atoms with van der Waals surface area (Å²) in [5.41, 5.74) is 2.25. The Morgan fingerprint density at radius 2 is 1.72 bits per heavy atom. The fraction of sp³-hybridized carbons (Fsp3) is 0.483. The summed E-state index contributed by atoms with van der Waals surface area (Å²) >= 11 is 7.73. The van der Waals surface area contributed by atoms with Crippen LogP contribution >= 0.6 is 23.4 Å². The van der Waals surface area contributed by atoms with E-state index in [1.54, 1.807) is 16.7 Å². The van der Waals surface area contributed by atoms with Crippen molar-refractivity contribution in [3.8, 4) is 5.75 Å². The number of unbranched alkanes of at least 4 members (excludes halogenated alkanes) is 2. The second-order valence-electron chi connectivity index (χ2n) is 10.1. The third-order valence-corrected chi connectivity index (χ3v) is 8.57. The van der Waals surface area contributed by atoms with E-state index in [-0.39, 0.29) is 11.2 Å². The van der Waals surface area contributed by atoms with Crippen molar-refractivity contribution in [3.63, 3.8) is 0 Å². The topological polar surface area (TPSA) is 116 Å². The molecule has 2 aromatic rings. The van der Waals surface area contributed by atoms with Gasteiger partial charge < -0.3 is 25.2 Å². The minimum atomic E-state index is -1.82. The van der Waals surface area contributed by atoms with Crippen LogP contribution in [-0.2, 0) is 14.4 Å². The summed E-state index contributed by atoms with van der Waals surface area (Å²) < 4.78 is 5.94. The molecule has 1 aliphatic heterocycles. The number of carboxylic acids is 2. The Morgan fingerprint density at radius 1 is 1.05 bits per heavy atom. The lowest BCUT2D eigenvalue weighted by atomic mass is 9.83. The zero-order chi connectivity index (χ0) is 28.4. The number of carboxylic acid groups (broad SMARTS) is 2. The molecule has 8 nitrogen and oxygen atoms in total. The van der Waals surface area contributed by atoms with Crippen molar-refractivity contribution in [2.45, 2.75) is 74.0 Å². The van der Waals surface area contributed by atoms with Crippen molar-refractivity contribution in [2.24, 2.45) is 0 Å². The molecule has 0 bridgehead atoms. The van der Waals surface area contributed by atoms with Crippen LogP contribution in [-0.4, -0.2) is 53.8 Å². The Labute approximate surface area is 239 Å². The van der Waals surface area contributed by atoms with E-state index in [0.717, 1.165) is 41.5 Å². The van der Waals surface area contributed by atoms with Gasteiger partial charge in [-0.1, -0.05) is 43.0 Å². The molecule has 10 heteroatoms. The van der Waals surface area contributed by atoms with Gasteiger partial charge in [0.1, 0.15) is 11.0 Å². The van der Waals surface area contributed by atoms with Crippen LogP contribution < -0.4 is 15.0 Å². The summed E-state index contributed by atoms with van der Waals surface area (Å²) in [6, 6.07) is 13.6. The summed E-state index contributed by atoms with van der Waals surface area (Å²) in [6.07, 6.45) is 10.2. The van der Waals surface area contributed by atoms with Gasteiger partial charge in [-0.25, -0.2) is 9.59 Å². The molecule has 1 saturated carbocycles. The molecule has 3 N–H and O–H groups in total. The van der Waals surface area contributed by atoms with E-state index in [1.807, 2.05) is 49.5 Å². The number of carbonyl (C=O) groups is 3. The fourth-order valence-corrected chi connectivity index (χ4v) is 6.34. The molecule has 1 aliphatic carbocycles. The first-order valence-electron chi connectivity index (χ1n) is 13.3. The Balaban J connectivity index is 0.000000631. The van der Waals surface area contributed by atoms with E-state index in [9.17, 15) is 4.79 Å². The molecule has 39 heavy (non-hydrogen) atoms. The van der Waals surface area contributed by atoms with E-state index in [1.165, 1.54) is 44.9 Å². The average molecular weight is 577 g/mol. The number of benzene rings is 2. The van der Waals surface area contributed by atoms with Crippen molar-refractivity contribution < 1.29 is 29.3 Å². The number of rotatable bonds is 9. The molecule has 4 rings (SSSR count). The van der Waals surface area contributed by atoms with Gasteiger partial charge in [0.05, 0.1) is 12.3 Å². The number of thioether (sulfide) groups is 1. The maximum absolute atomic E-state index is 12.9. The zero-order valence-corrected chi connectivity index (χ0v) is 24.0. The van der Waals surface area contributed by atoms with Gasteiger partial charge in [0.25, 0.3) is 0 Å². The lowest BCUT2D eigenvalue weighted by molar-refractivity contribution is -0.159. The Morgan fingerprint density at radius 3 is 2.36 bits per heavy atom. The van der Waals surface area contributed by atoms with Crippen LogP contribution in [0.5, 0.6) is 5.75 Å². The van der Waals surface area contributed by atoms with Crippen molar-refractivity contribution >= 4 is 46.9 Å². The second kappa shape index (κ2) is 14.6. The molecule has 1 fully saturated rings. The molecular weight excluding hydrogens is 540 g/mol. The predicted octanol–water partition coefficient (Wildman–Crippen LogP) is 6.17. The first-order chi connectivity index (χ1) is 18.6. The standard InChI is InChI=1S/C27H35ClN2O2S.C2H2O4/c1-27(15-5-3-6-16-27)29-17-7-4-8-18-32-22-12-9-20(10-13-22)25-26(31)30(2)23-14-11-21(28)19-24(23)33-25;3-1(4)2(5)6/h9-14,19,25,29H,3-8,15-18H2,1-2H3;(H,3,4)(H,5,6). The number of nitrogens with one attached hydrogen (secondary N) is 1. The maximum atomic E-state index is 12.9. The van der Waals surface area contributed by atoms with Crippen LogP contribution in [0.4, 0.5) is 5.69 Å². The molecule has 1 atom stereocenters. The van der Waals surface area contributed by atoms with Crippen LogP contribution in [0.15, 0.2) is 47.4 Å². The molecule has 0 aromatic heterocycles. The number of fused-ring (bicyclic) bond motifs is 1. The van der Waals surface area contributed by atoms with E-state index in [2.05, 4.69) is 12.2 Å². The van der Waals surface area contributed by atoms with Gasteiger partial charge in [0.15, 0.2) is 0 Å². The normalized spacial score (nSPS) is 18.0. The first kappa shape index (κ1) is 30.8. The highest BCUT2D eigenvalue weighted by Crippen LogP contribution is 2.47. The van der Waals surface area contributed by atoms with Crippen LogP contribution in [0.1, 0.15) is 69.1 Å². The number of hydrogen-bond acceptors (Lipinski definition) is 6. The molecule has 0 saturated heterocycles. The van der Waals surface area contributed by atoms with Gasteiger partial charge in [-0.3, -0.25) is 4.79 Å². The molecule has 212 valence electrons. The highest BCUT2D eigenvalue weighted by atomic mass is 35.5. The van der Waals surface area contributed by atoms with Gasteiger partial charge in [0.2, 0.25) is 5.91 Å². The van der Waals surface area contributed by atoms with Crippen molar-refractivity contribution in [1.29, 1.82) is 0 Å². The smallest absolute Gasteiger partial charge is 0.414 e. The third-order valence-electron chi connectivity index (χ3n) is 7.05. The summed E-state index contributed by atoms with van der Waals surface area (Å²) in [5.74, 6) is -2.71. The van der Waals surface area contributed by atoms with Crippen molar-refractivity contribution in [1.82, 2.24) is 5.32 Å². The predicted molar refractivity (Wildman–Crippen MR) is 154 cm³/mol. The Kier molecular flexibility index (Phi) is 11.5. The number of hydrogen-bond donors (Lipinski definition) is 3. The highest BCUT2D eigenvalue weighted by Gasteiger charge is 2.32.